The third kappa shape index (κ3) is 3.34. The molecule has 142 valence electrons. The van der Waals surface area contributed by atoms with Crippen LogP contribution in [0.2, 0.25) is 0 Å². The quantitative estimate of drug-likeness (QED) is 0.488. The SMILES string of the molecule is CCn1nnc2cc(C(=O)O[C@H](C)c3nnc(-c4ccc(F)cc4)o3)ccc21. The van der Waals surface area contributed by atoms with E-state index >= 15 is 0 Å². The van der Waals surface area contributed by atoms with Crippen molar-refractivity contribution >= 4 is 17.0 Å². The lowest BCUT2D eigenvalue weighted by atomic mass is 10.2. The largest absolute Gasteiger partial charge is 0.449 e. The third-order valence-electron chi connectivity index (χ3n) is 4.21. The zero-order valence-electron chi connectivity index (χ0n) is 15.2. The summed E-state index contributed by atoms with van der Waals surface area (Å²) in [5, 5.41) is 15.9. The number of nitrogens with zero attached hydrogens (tertiary/aromatic N) is 5. The minimum Gasteiger partial charge on any atom is -0.449 e. The monoisotopic (exact) mass is 381 g/mol. The van der Waals surface area contributed by atoms with Gasteiger partial charge in [0, 0.05) is 12.1 Å². The Hall–Kier alpha value is -3.62. The maximum absolute atomic E-state index is 13.0. The molecule has 1 atom stereocenters. The number of benzene rings is 2. The van der Waals surface area contributed by atoms with Gasteiger partial charge in [-0.25, -0.2) is 13.9 Å². The first-order chi connectivity index (χ1) is 13.5. The molecule has 4 aromatic rings. The molecule has 0 unspecified atom stereocenters. The summed E-state index contributed by atoms with van der Waals surface area (Å²) in [5.74, 6) is -0.537. The van der Waals surface area contributed by atoms with Gasteiger partial charge < -0.3 is 9.15 Å². The van der Waals surface area contributed by atoms with Crippen LogP contribution in [0, 0.1) is 5.82 Å². The predicted octanol–water partition coefficient (Wildman–Crippen LogP) is 3.56. The van der Waals surface area contributed by atoms with Gasteiger partial charge in [-0.3, -0.25) is 0 Å². The van der Waals surface area contributed by atoms with Crippen molar-refractivity contribution in [1.82, 2.24) is 25.2 Å². The Kier molecular flexibility index (Phi) is 4.56. The maximum Gasteiger partial charge on any atom is 0.338 e. The van der Waals surface area contributed by atoms with E-state index in [9.17, 15) is 9.18 Å². The molecule has 0 saturated carbocycles. The second-order valence-corrected chi connectivity index (χ2v) is 6.11. The van der Waals surface area contributed by atoms with Gasteiger partial charge in [-0.15, -0.1) is 15.3 Å². The van der Waals surface area contributed by atoms with Crippen molar-refractivity contribution in [1.29, 1.82) is 0 Å². The number of rotatable bonds is 5. The van der Waals surface area contributed by atoms with Crippen LogP contribution < -0.4 is 0 Å². The van der Waals surface area contributed by atoms with Crippen molar-refractivity contribution in [2.24, 2.45) is 0 Å². The number of halogens is 1. The summed E-state index contributed by atoms with van der Waals surface area (Å²) in [7, 11) is 0. The minimum atomic E-state index is -0.754. The lowest BCUT2D eigenvalue weighted by molar-refractivity contribution is 0.0280. The number of aromatic nitrogens is 5. The number of fused-ring (bicyclic) bond motifs is 1. The Morgan fingerprint density at radius 2 is 1.96 bits per heavy atom. The molecule has 2 heterocycles. The molecule has 0 saturated heterocycles. The summed E-state index contributed by atoms with van der Waals surface area (Å²) in [6.07, 6.45) is -0.754. The van der Waals surface area contributed by atoms with Gasteiger partial charge in [-0.2, -0.15) is 0 Å². The minimum absolute atomic E-state index is 0.144. The van der Waals surface area contributed by atoms with Gasteiger partial charge in [0.2, 0.25) is 5.89 Å². The van der Waals surface area contributed by atoms with Crippen LogP contribution in [0.1, 0.15) is 36.2 Å². The van der Waals surface area contributed by atoms with Crippen LogP contribution in [0.15, 0.2) is 46.9 Å². The van der Waals surface area contributed by atoms with Crippen LogP contribution in [-0.2, 0) is 11.3 Å². The predicted molar refractivity (Wildman–Crippen MR) is 96.7 cm³/mol. The van der Waals surface area contributed by atoms with E-state index in [-0.39, 0.29) is 17.6 Å². The van der Waals surface area contributed by atoms with E-state index in [4.69, 9.17) is 9.15 Å². The van der Waals surface area contributed by atoms with E-state index in [1.165, 1.54) is 24.3 Å². The lowest BCUT2D eigenvalue weighted by Crippen LogP contribution is -2.09. The number of hydrogen-bond donors (Lipinski definition) is 0. The maximum atomic E-state index is 13.0. The van der Waals surface area contributed by atoms with Crippen LogP contribution in [0.3, 0.4) is 0 Å². The molecule has 0 aliphatic rings. The number of esters is 1. The molecular formula is C19H16FN5O3. The van der Waals surface area contributed by atoms with Gasteiger partial charge >= 0.3 is 5.97 Å². The van der Waals surface area contributed by atoms with E-state index in [0.29, 0.717) is 23.2 Å². The van der Waals surface area contributed by atoms with Crippen LogP contribution in [0.5, 0.6) is 0 Å². The Balaban J connectivity index is 1.49. The van der Waals surface area contributed by atoms with Crippen LogP contribution in [-0.4, -0.2) is 31.2 Å². The normalized spacial score (nSPS) is 12.2. The Morgan fingerprint density at radius 1 is 1.18 bits per heavy atom. The summed E-state index contributed by atoms with van der Waals surface area (Å²) in [6.45, 7) is 4.28. The smallest absolute Gasteiger partial charge is 0.338 e. The van der Waals surface area contributed by atoms with Gasteiger partial charge in [0.1, 0.15) is 11.3 Å². The zero-order chi connectivity index (χ0) is 19.7. The van der Waals surface area contributed by atoms with Crippen molar-refractivity contribution in [3.63, 3.8) is 0 Å². The van der Waals surface area contributed by atoms with E-state index in [0.717, 1.165) is 5.52 Å². The second kappa shape index (κ2) is 7.18. The fraction of sp³-hybridized carbons (Fsp3) is 0.211. The standard InChI is InChI=1S/C19H16FN5O3/c1-3-25-16-9-6-13(10-15(16)21-24-25)19(26)27-11(2)17-22-23-18(28-17)12-4-7-14(20)8-5-12/h4-11H,3H2,1-2H3/t11-/m1/s1. The fourth-order valence-corrected chi connectivity index (χ4v) is 2.72. The molecule has 0 radical (unpaired) electrons. The number of carbonyl (C=O) groups is 1. The van der Waals surface area contributed by atoms with Crippen molar-refractivity contribution < 1.29 is 18.3 Å². The van der Waals surface area contributed by atoms with Crippen molar-refractivity contribution in [3.05, 3.63) is 59.7 Å². The summed E-state index contributed by atoms with van der Waals surface area (Å²) in [5.41, 5.74) is 2.37. The molecule has 0 bridgehead atoms. The number of carbonyl (C=O) groups excluding carboxylic acids is 1. The number of aryl methyl sites for hydroxylation is 1. The molecule has 0 aliphatic heterocycles. The highest BCUT2D eigenvalue weighted by Gasteiger charge is 2.20. The van der Waals surface area contributed by atoms with E-state index in [1.807, 2.05) is 6.92 Å². The first-order valence-corrected chi connectivity index (χ1v) is 8.68. The third-order valence-corrected chi connectivity index (χ3v) is 4.21. The van der Waals surface area contributed by atoms with E-state index < -0.39 is 12.1 Å². The zero-order valence-corrected chi connectivity index (χ0v) is 15.2. The Morgan fingerprint density at radius 3 is 2.71 bits per heavy atom. The Bertz CT molecular complexity index is 1140. The molecule has 8 nitrogen and oxygen atoms in total. The van der Waals surface area contributed by atoms with Crippen molar-refractivity contribution in [2.75, 3.05) is 0 Å². The highest BCUT2D eigenvalue weighted by molar-refractivity contribution is 5.93. The first kappa shape index (κ1) is 17.8. The van der Waals surface area contributed by atoms with E-state index in [1.54, 1.807) is 29.8 Å². The highest BCUT2D eigenvalue weighted by atomic mass is 19.1. The molecule has 0 aliphatic carbocycles. The highest BCUT2D eigenvalue weighted by Crippen LogP contribution is 2.24. The molecule has 0 amide bonds. The molecule has 9 heteroatoms. The number of hydrogen-bond acceptors (Lipinski definition) is 7. The van der Waals surface area contributed by atoms with Gasteiger partial charge in [-0.05, 0) is 56.3 Å². The summed E-state index contributed by atoms with van der Waals surface area (Å²) < 4.78 is 25.7. The van der Waals surface area contributed by atoms with Gasteiger partial charge in [0.25, 0.3) is 5.89 Å². The Labute approximate surface area is 158 Å². The van der Waals surface area contributed by atoms with E-state index in [2.05, 4.69) is 20.5 Å². The lowest BCUT2D eigenvalue weighted by Gasteiger charge is -2.09. The van der Waals surface area contributed by atoms with Crippen LogP contribution in [0.25, 0.3) is 22.5 Å². The summed E-state index contributed by atoms with van der Waals surface area (Å²) >= 11 is 0. The first-order valence-electron chi connectivity index (χ1n) is 8.68. The van der Waals surface area contributed by atoms with Gasteiger partial charge in [0.05, 0.1) is 11.1 Å². The molecule has 28 heavy (non-hydrogen) atoms. The summed E-state index contributed by atoms with van der Waals surface area (Å²) in [6, 6.07) is 10.7. The second-order valence-electron chi connectivity index (χ2n) is 6.11. The average molecular weight is 381 g/mol. The van der Waals surface area contributed by atoms with Crippen LogP contribution in [0.4, 0.5) is 4.39 Å². The molecule has 0 fully saturated rings. The summed E-state index contributed by atoms with van der Waals surface area (Å²) in [4.78, 5) is 12.5. The van der Waals surface area contributed by atoms with Gasteiger partial charge in [0.15, 0.2) is 6.10 Å². The van der Waals surface area contributed by atoms with Crippen molar-refractivity contribution in [2.45, 2.75) is 26.5 Å². The van der Waals surface area contributed by atoms with Gasteiger partial charge in [-0.1, -0.05) is 5.21 Å². The molecule has 4 rings (SSSR count). The fourth-order valence-electron chi connectivity index (χ4n) is 2.72. The van der Waals surface area contributed by atoms with Crippen LogP contribution >= 0.6 is 0 Å². The van der Waals surface area contributed by atoms with Crippen molar-refractivity contribution in [3.8, 4) is 11.5 Å². The molecule has 2 aromatic heterocycles. The number of ether oxygens (including phenoxy) is 1. The molecule has 0 spiro atoms. The molecule has 2 aromatic carbocycles. The topological polar surface area (TPSA) is 95.9 Å². The molecule has 0 N–H and O–H groups in total. The molecular weight excluding hydrogens is 365 g/mol. The average Bonchev–Trinajstić information content (AvgIpc) is 3.35.